The number of aromatic nitrogens is 3. The highest BCUT2D eigenvalue weighted by Crippen LogP contribution is 2.45. The summed E-state index contributed by atoms with van der Waals surface area (Å²) in [4.78, 5) is 15.7. The van der Waals surface area contributed by atoms with Crippen LogP contribution in [0.25, 0.3) is 32.2 Å². The summed E-state index contributed by atoms with van der Waals surface area (Å²) in [7, 11) is 0. The zero-order valence-corrected chi connectivity index (χ0v) is 23.3. The Morgan fingerprint density at radius 1 is 1.13 bits per heavy atom. The minimum atomic E-state index is -0.602. The lowest BCUT2D eigenvalue weighted by atomic mass is 9.94. The molecule has 1 unspecified atom stereocenters. The van der Waals surface area contributed by atoms with Crippen molar-refractivity contribution in [3.05, 3.63) is 52.4 Å². The molecule has 4 aromatic rings. The van der Waals surface area contributed by atoms with Gasteiger partial charge in [0, 0.05) is 29.1 Å². The predicted octanol–water partition coefficient (Wildman–Crippen LogP) is 7.02. The predicted molar refractivity (Wildman–Crippen MR) is 151 cm³/mol. The van der Waals surface area contributed by atoms with Crippen LogP contribution in [0.1, 0.15) is 63.6 Å². The molecular formula is C29H30F2N6OS. The maximum atomic E-state index is 16.4. The summed E-state index contributed by atoms with van der Waals surface area (Å²) in [5, 5.41) is 10.7. The molecule has 0 bridgehead atoms. The molecule has 39 heavy (non-hydrogen) atoms. The second-order valence-electron chi connectivity index (χ2n) is 9.02. The third-order valence-electron chi connectivity index (χ3n) is 7.29. The number of nitrogen functional groups attached to an aromatic ring is 1. The lowest BCUT2D eigenvalue weighted by Crippen LogP contribution is -2.31. The van der Waals surface area contributed by atoms with Crippen molar-refractivity contribution in [2.75, 3.05) is 17.2 Å². The first kappa shape index (κ1) is 26.9. The molecule has 1 atom stereocenters. The van der Waals surface area contributed by atoms with Gasteiger partial charge in [-0.3, -0.25) is 4.98 Å². The van der Waals surface area contributed by atoms with Crippen LogP contribution in [-0.2, 0) is 18.0 Å². The van der Waals surface area contributed by atoms with E-state index in [0.717, 1.165) is 42.4 Å². The number of fused-ring (bicyclic) bond motifs is 5. The highest BCUT2D eigenvalue weighted by atomic mass is 32.1. The SMILES string of the molecule is CC.CC.N#Cc1c(N)sc2c(F)cnc(-c3c4c(c5cnc(N6CC=C7CCCC76)nc5c3F)COC4)c12. The largest absolute Gasteiger partial charge is 0.389 e. The molecule has 7 nitrogen and oxygen atoms in total. The van der Waals surface area contributed by atoms with Gasteiger partial charge in [-0.1, -0.05) is 33.8 Å². The first-order valence-electron chi connectivity index (χ1n) is 13.4. The number of nitrogens with zero attached hydrogens (tertiary/aromatic N) is 5. The van der Waals surface area contributed by atoms with Crippen molar-refractivity contribution >= 4 is 43.3 Å². The fourth-order valence-electron chi connectivity index (χ4n) is 5.69. The molecule has 3 aliphatic rings. The quantitative estimate of drug-likeness (QED) is 0.269. The van der Waals surface area contributed by atoms with Crippen LogP contribution < -0.4 is 10.6 Å². The number of nitriles is 1. The molecule has 0 amide bonds. The Morgan fingerprint density at radius 3 is 2.67 bits per heavy atom. The van der Waals surface area contributed by atoms with Gasteiger partial charge in [-0.15, -0.1) is 11.3 Å². The second kappa shape index (κ2) is 10.8. The summed E-state index contributed by atoms with van der Waals surface area (Å²) in [6, 6.07) is 2.30. The Balaban J connectivity index is 0.000000738. The minimum Gasteiger partial charge on any atom is -0.389 e. The van der Waals surface area contributed by atoms with Crippen LogP contribution in [0.15, 0.2) is 24.0 Å². The van der Waals surface area contributed by atoms with Crippen LogP contribution in [0.5, 0.6) is 0 Å². The fourth-order valence-corrected chi connectivity index (χ4v) is 6.61. The number of nitrogens with two attached hydrogens (primary N) is 1. The highest BCUT2D eigenvalue weighted by molar-refractivity contribution is 7.23. The summed E-state index contributed by atoms with van der Waals surface area (Å²) < 4.78 is 36.9. The van der Waals surface area contributed by atoms with Gasteiger partial charge in [-0.25, -0.2) is 18.7 Å². The summed E-state index contributed by atoms with van der Waals surface area (Å²) in [6.45, 7) is 9.15. The van der Waals surface area contributed by atoms with Gasteiger partial charge in [0.2, 0.25) is 5.95 Å². The van der Waals surface area contributed by atoms with E-state index in [1.807, 2.05) is 33.8 Å². The van der Waals surface area contributed by atoms with E-state index in [1.165, 1.54) is 5.57 Å². The number of rotatable bonds is 2. The number of benzene rings is 1. The number of thiophene rings is 1. The Morgan fingerprint density at radius 2 is 1.90 bits per heavy atom. The van der Waals surface area contributed by atoms with Crippen LogP contribution in [0, 0.1) is 23.0 Å². The molecule has 0 spiro atoms. The van der Waals surface area contributed by atoms with Gasteiger partial charge in [-0.2, -0.15) is 5.26 Å². The highest BCUT2D eigenvalue weighted by Gasteiger charge is 2.34. The Bertz CT molecular complexity index is 1660. The molecule has 3 aromatic heterocycles. The molecule has 1 saturated carbocycles. The monoisotopic (exact) mass is 548 g/mol. The van der Waals surface area contributed by atoms with Crippen LogP contribution in [0.3, 0.4) is 0 Å². The number of hydrogen-bond donors (Lipinski definition) is 1. The van der Waals surface area contributed by atoms with Crippen molar-refractivity contribution < 1.29 is 13.5 Å². The van der Waals surface area contributed by atoms with Gasteiger partial charge in [0.05, 0.1) is 41.4 Å². The van der Waals surface area contributed by atoms with E-state index < -0.39 is 11.6 Å². The maximum Gasteiger partial charge on any atom is 0.226 e. The maximum absolute atomic E-state index is 16.4. The number of halogens is 2. The van der Waals surface area contributed by atoms with E-state index in [9.17, 15) is 9.65 Å². The van der Waals surface area contributed by atoms with Crippen LogP contribution in [0.4, 0.5) is 19.7 Å². The number of pyridine rings is 1. The molecule has 7 rings (SSSR count). The topological polar surface area (TPSA) is 101 Å². The Hall–Kier alpha value is -3.68. The zero-order valence-electron chi connectivity index (χ0n) is 22.4. The van der Waals surface area contributed by atoms with Crippen LogP contribution >= 0.6 is 11.3 Å². The van der Waals surface area contributed by atoms with Gasteiger partial charge in [0.15, 0.2) is 11.6 Å². The summed E-state index contributed by atoms with van der Waals surface area (Å²) in [5.41, 5.74) is 9.41. The van der Waals surface area contributed by atoms with Gasteiger partial charge in [-0.05, 0) is 36.0 Å². The van der Waals surface area contributed by atoms with E-state index in [4.69, 9.17) is 10.5 Å². The van der Waals surface area contributed by atoms with Crippen molar-refractivity contribution in [2.24, 2.45) is 0 Å². The lowest BCUT2D eigenvalue weighted by molar-refractivity contribution is 0.135. The molecule has 1 aliphatic carbocycles. The van der Waals surface area contributed by atoms with E-state index in [-0.39, 0.29) is 56.7 Å². The van der Waals surface area contributed by atoms with Gasteiger partial charge in [0.25, 0.3) is 0 Å². The lowest BCUT2D eigenvalue weighted by Gasteiger charge is -2.24. The zero-order chi connectivity index (χ0) is 27.8. The summed E-state index contributed by atoms with van der Waals surface area (Å²) >= 11 is 0.958. The molecule has 0 radical (unpaired) electrons. The third kappa shape index (κ3) is 4.12. The number of hydrogen-bond acceptors (Lipinski definition) is 8. The fraction of sp³-hybridized carbons (Fsp3) is 0.379. The van der Waals surface area contributed by atoms with Crippen molar-refractivity contribution in [1.82, 2.24) is 15.0 Å². The van der Waals surface area contributed by atoms with Crippen LogP contribution in [0.2, 0.25) is 0 Å². The first-order valence-corrected chi connectivity index (χ1v) is 14.2. The molecule has 1 fully saturated rings. The van der Waals surface area contributed by atoms with E-state index >= 15 is 4.39 Å². The average molecular weight is 549 g/mol. The minimum absolute atomic E-state index is 0.0967. The normalized spacial score (nSPS) is 17.2. The molecule has 1 aromatic carbocycles. The van der Waals surface area contributed by atoms with Gasteiger partial charge in [0.1, 0.15) is 16.6 Å². The molecule has 2 N–H and O–H groups in total. The van der Waals surface area contributed by atoms with Crippen molar-refractivity contribution in [3.8, 4) is 17.3 Å². The number of anilines is 2. The average Bonchev–Trinajstić information content (AvgIpc) is 3.76. The summed E-state index contributed by atoms with van der Waals surface area (Å²) in [5.74, 6) is -0.704. The second-order valence-corrected chi connectivity index (χ2v) is 10.1. The first-order chi connectivity index (χ1) is 19.1. The Kier molecular flexibility index (Phi) is 7.47. The molecule has 2 aliphatic heterocycles. The van der Waals surface area contributed by atoms with E-state index in [1.54, 1.807) is 6.20 Å². The smallest absolute Gasteiger partial charge is 0.226 e. The summed E-state index contributed by atoms with van der Waals surface area (Å²) in [6.07, 6.45) is 8.17. The molecular weight excluding hydrogens is 518 g/mol. The number of ether oxygens (including phenoxy) is 1. The van der Waals surface area contributed by atoms with Gasteiger partial charge < -0.3 is 15.4 Å². The van der Waals surface area contributed by atoms with Crippen LogP contribution in [-0.4, -0.2) is 27.5 Å². The molecule has 10 heteroatoms. The molecule has 202 valence electrons. The van der Waals surface area contributed by atoms with Crippen molar-refractivity contribution in [3.63, 3.8) is 0 Å². The van der Waals surface area contributed by atoms with Gasteiger partial charge >= 0.3 is 0 Å². The van der Waals surface area contributed by atoms with Crippen molar-refractivity contribution in [2.45, 2.75) is 66.2 Å². The Labute approximate surface area is 230 Å². The molecule has 0 saturated heterocycles. The third-order valence-corrected chi connectivity index (χ3v) is 8.31. The van der Waals surface area contributed by atoms with E-state index in [2.05, 4.69) is 25.9 Å². The van der Waals surface area contributed by atoms with E-state index in [0.29, 0.717) is 23.4 Å². The molecule has 5 heterocycles. The van der Waals surface area contributed by atoms with Crippen molar-refractivity contribution in [1.29, 1.82) is 5.26 Å². The standard InChI is InChI=1S/C25H18F2N6OS.2C2H6/c26-16-8-30-22(19-12(6-28)24(29)35-23(16)19)18-15-10-34-9-14(15)13-7-31-25(32-21(13)20(18)27)33-5-4-11-2-1-3-17(11)33;2*1-2/h4,7-8,17H,1-3,5,9-10,29H2;2*1-2H3.